The molecule has 3 saturated heterocycles. The monoisotopic (exact) mass is 335 g/mol. The predicted octanol–water partition coefficient (Wildman–Crippen LogP) is 2.50. The Bertz CT molecular complexity index is 614. The van der Waals surface area contributed by atoms with E-state index >= 15 is 0 Å². The molecule has 132 valence electrons. The van der Waals surface area contributed by atoms with Crippen molar-refractivity contribution < 1.29 is 23.7 Å². The quantitative estimate of drug-likeness (QED) is 0.828. The fourth-order valence-electron chi connectivity index (χ4n) is 3.72. The Morgan fingerprint density at radius 2 is 1.71 bits per heavy atom. The first-order valence-corrected chi connectivity index (χ1v) is 8.50. The largest absolute Gasteiger partial charge is 0.362 e. The third-order valence-corrected chi connectivity index (χ3v) is 4.75. The first-order chi connectivity index (χ1) is 11.2. The van der Waals surface area contributed by atoms with E-state index in [0.717, 1.165) is 11.3 Å². The van der Waals surface area contributed by atoms with Crippen LogP contribution in [0.3, 0.4) is 0 Å². The average molecular weight is 335 g/mol. The molecule has 3 aliphatic heterocycles. The van der Waals surface area contributed by atoms with E-state index in [-0.39, 0.29) is 30.5 Å². The number of fused-ring (bicyclic) bond motifs is 1. The van der Waals surface area contributed by atoms with Crippen molar-refractivity contribution in [2.24, 2.45) is 0 Å². The summed E-state index contributed by atoms with van der Waals surface area (Å²) >= 11 is 0. The number of pyridine rings is 1. The molecule has 3 fully saturated rings. The number of hydrogen-bond donors (Lipinski definition) is 0. The molecule has 4 rings (SSSR count). The molecule has 0 bridgehead atoms. The smallest absolute Gasteiger partial charge is 0.164 e. The molecule has 0 radical (unpaired) electrons. The predicted molar refractivity (Wildman–Crippen MR) is 85.3 cm³/mol. The van der Waals surface area contributed by atoms with Crippen molar-refractivity contribution in [3.8, 4) is 0 Å². The lowest BCUT2D eigenvalue weighted by Gasteiger charge is -2.27. The minimum Gasteiger partial charge on any atom is -0.362 e. The molecule has 3 aliphatic rings. The summed E-state index contributed by atoms with van der Waals surface area (Å²) in [6.45, 7) is 10.2. The summed E-state index contributed by atoms with van der Waals surface area (Å²) < 4.78 is 30.3. The SMILES string of the molecule is Cc1ccc([C@H]2O[C@H]([C@H]3COC(C)(C)O3)[C@@H]3OC(C)(C)O[C@@H]32)cn1. The van der Waals surface area contributed by atoms with E-state index in [2.05, 4.69) is 4.98 Å². The van der Waals surface area contributed by atoms with Gasteiger partial charge in [0.15, 0.2) is 11.6 Å². The Morgan fingerprint density at radius 3 is 2.33 bits per heavy atom. The van der Waals surface area contributed by atoms with E-state index in [4.69, 9.17) is 23.7 Å². The van der Waals surface area contributed by atoms with Crippen LogP contribution >= 0.6 is 0 Å². The minimum atomic E-state index is -0.636. The van der Waals surface area contributed by atoms with Crippen LogP contribution < -0.4 is 0 Å². The normalized spacial score (nSPS) is 40.0. The molecular formula is C18H25NO5. The summed E-state index contributed by atoms with van der Waals surface area (Å²) in [5.41, 5.74) is 1.97. The van der Waals surface area contributed by atoms with Crippen molar-refractivity contribution in [2.45, 2.75) is 76.7 Å². The maximum atomic E-state index is 6.33. The number of ether oxygens (including phenoxy) is 5. The first kappa shape index (κ1) is 16.4. The number of aryl methyl sites for hydroxylation is 1. The highest BCUT2D eigenvalue weighted by atomic mass is 16.8. The highest BCUT2D eigenvalue weighted by Crippen LogP contribution is 2.47. The minimum absolute atomic E-state index is 0.173. The zero-order valence-electron chi connectivity index (χ0n) is 14.8. The molecule has 6 heteroatoms. The molecule has 6 nitrogen and oxygen atoms in total. The van der Waals surface area contributed by atoms with Gasteiger partial charge in [-0.2, -0.15) is 0 Å². The number of rotatable bonds is 2. The van der Waals surface area contributed by atoms with E-state index in [1.165, 1.54) is 0 Å². The van der Waals surface area contributed by atoms with Crippen molar-refractivity contribution in [3.05, 3.63) is 29.6 Å². The van der Waals surface area contributed by atoms with E-state index in [0.29, 0.717) is 6.61 Å². The van der Waals surface area contributed by atoms with Gasteiger partial charge in [-0.15, -0.1) is 0 Å². The Hall–Kier alpha value is -1.05. The average Bonchev–Trinajstić information content (AvgIpc) is 3.10. The molecule has 24 heavy (non-hydrogen) atoms. The van der Waals surface area contributed by atoms with Crippen LogP contribution in [-0.4, -0.2) is 47.6 Å². The van der Waals surface area contributed by atoms with Gasteiger partial charge in [-0.25, -0.2) is 0 Å². The van der Waals surface area contributed by atoms with Crippen LogP contribution in [0.15, 0.2) is 18.3 Å². The van der Waals surface area contributed by atoms with Gasteiger partial charge in [-0.3, -0.25) is 4.98 Å². The molecule has 1 aromatic rings. The molecule has 1 aromatic heterocycles. The topological polar surface area (TPSA) is 59.0 Å². The zero-order valence-corrected chi connectivity index (χ0v) is 14.8. The molecule has 0 amide bonds. The molecule has 5 atom stereocenters. The van der Waals surface area contributed by atoms with Gasteiger partial charge >= 0.3 is 0 Å². The van der Waals surface area contributed by atoms with E-state index in [1.54, 1.807) is 0 Å². The van der Waals surface area contributed by atoms with Crippen LogP contribution in [0.1, 0.15) is 45.1 Å². The van der Waals surface area contributed by atoms with Crippen LogP contribution in [0.25, 0.3) is 0 Å². The Morgan fingerprint density at radius 1 is 0.958 bits per heavy atom. The second-order valence-electron chi connectivity index (χ2n) is 7.69. The number of aromatic nitrogens is 1. The van der Waals surface area contributed by atoms with Crippen molar-refractivity contribution in [2.75, 3.05) is 6.61 Å². The maximum Gasteiger partial charge on any atom is 0.164 e. The van der Waals surface area contributed by atoms with Gasteiger partial charge < -0.3 is 23.7 Å². The van der Waals surface area contributed by atoms with E-state index < -0.39 is 11.6 Å². The van der Waals surface area contributed by atoms with Gasteiger partial charge in [-0.05, 0) is 40.7 Å². The molecular weight excluding hydrogens is 310 g/mol. The molecule has 0 N–H and O–H groups in total. The molecule has 0 aromatic carbocycles. The van der Waals surface area contributed by atoms with Gasteiger partial charge in [-0.1, -0.05) is 6.07 Å². The lowest BCUT2D eigenvalue weighted by molar-refractivity contribution is -0.207. The van der Waals surface area contributed by atoms with Crippen molar-refractivity contribution in [3.63, 3.8) is 0 Å². The molecule has 0 aliphatic carbocycles. The number of hydrogen-bond acceptors (Lipinski definition) is 6. The Kier molecular flexibility index (Phi) is 3.75. The van der Waals surface area contributed by atoms with Gasteiger partial charge in [0.1, 0.15) is 30.5 Å². The highest BCUT2D eigenvalue weighted by Gasteiger charge is 2.59. The third-order valence-electron chi connectivity index (χ3n) is 4.75. The van der Waals surface area contributed by atoms with Crippen LogP contribution in [0.4, 0.5) is 0 Å². The second-order valence-corrected chi connectivity index (χ2v) is 7.69. The molecule has 4 heterocycles. The summed E-state index contributed by atoms with van der Waals surface area (Å²) in [5.74, 6) is -1.23. The highest BCUT2D eigenvalue weighted by molar-refractivity contribution is 5.21. The molecule has 0 spiro atoms. The van der Waals surface area contributed by atoms with Crippen LogP contribution in [-0.2, 0) is 23.7 Å². The lowest BCUT2D eigenvalue weighted by atomic mass is 10.0. The van der Waals surface area contributed by atoms with Gasteiger partial charge in [0.2, 0.25) is 0 Å². The summed E-state index contributed by atoms with van der Waals surface area (Å²) in [4.78, 5) is 4.39. The van der Waals surface area contributed by atoms with Gasteiger partial charge in [0.05, 0.1) is 6.61 Å². The van der Waals surface area contributed by atoms with Crippen molar-refractivity contribution >= 4 is 0 Å². The standard InChI is InChI=1S/C18H25NO5/c1-10-6-7-11(8-19-10)13-15-16(24-18(4,5)23-15)14(21-13)12-9-20-17(2,3)22-12/h6-8,12-16H,9H2,1-5H3/t12-,13-,14-,15-,16+/m1/s1. The summed E-state index contributed by atoms with van der Waals surface area (Å²) in [7, 11) is 0. The third kappa shape index (κ3) is 2.86. The molecule has 0 unspecified atom stereocenters. The van der Waals surface area contributed by atoms with E-state index in [1.807, 2.05) is 52.9 Å². The molecule has 0 saturated carbocycles. The Labute approximate surface area is 142 Å². The summed E-state index contributed by atoms with van der Waals surface area (Å²) in [6, 6.07) is 4.03. The van der Waals surface area contributed by atoms with E-state index in [9.17, 15) is 0 Å². The van der Waals surface area contributed by atoms with Crippen LogP contribution in [0.5, 0.6) is 0 Å². The fourth-order valence-corrected chi connectivity index (χ4v) is 3.72. The van der Waals surface area contributed by atoms with Crippen molar-refractivity contribution in [1.82, 2.24) is 4.98 Å². The summed E-state index contributed by atoms with van der Waals surface area (Å²) in [5, 5.41) is 0. The fraction of sp³-hybridized carbons (Fsp3) is 0.722. The van der Waals surface area contributed by atoms with Gasteiger partial charge in [0.25, 0.3) is 0 Å². The second kappa shape index (κ2) is 5.47. The van der Waals surface area contributed by atoms with Crippen LogP contribution in [0.2, 0.25) is 0 Å². The van der Waals surface area contributed by atoms with Crippen molar-refractivity contribution in [1.29, 1.82) is 0 Å². The lowest BCUT2D eigenvalue weighted by Crippen LogP contribution is -2.40. The summed E-state index contributed by atoms with van der Waals surface area (Å²) in [6.07, 6.45) is 0.862. The first-order valence-electron chi connectivity index (χ1n) is 8.50. The Balaban J connectivity index is 1.61. The maximum absolute atomic E-state index is 6.33. The zero-order chi connectivity index (χ0) is 17.1. The van der Waals surface area contributed by atoms with Gasteiger partial charge in [0, 0.05) is 17.5 Å². The number of nitrogens with zero attached hydrogens (tertiary/aromatic N) is 1. The van der Waals surface area contributed by atoms with Crippen LogP contribution in [0, 0.1) is 6.92 Å².